The number of likely N-dealkylation sites (tertiary alicyclic amines) is 2. The number of methoxy groups -OCH3 is 1. The second kappa shape index (κ2) is 7.62. The molecule has 138 valence electrons. The first kappa shape index (κ1) is 18.0. The lowest BCUT2D eigenvalue weighted by Gasteiger charge is -2.51. The number of ether oxygens (including phenoxy) is 3. The van der Waals surface area contributed by atoms with Gasteiger partial charge in [0.05, 0.1) is 19.3 Å². The number of amides is 1. The van der Waals surface area contributed by atoms with E-state index >= 15 is 0 Å². The molecule has 1 atom stereocenters. The fraction of sp³-hybridized carbons (Fsp3) is 0.632. The fourth-order valence-corrected chi connectivity index (χ4v) is 3.91. The van der Waals surface area contributed by atoms with Gasteiger partial charge in [0.1, 0.15) is 0 Å². The summed E-state index contributed by atoms with van der Waals surface area (Å²) < 4.78 is 16.5. The lowest BCUT2D eigenvalue weighted by Crippen LogP contribution is -2.68. The largest absolute Gasteiger partial charge is 0.493 e. The molecule has 0 bridgehead atoms. The number of carbonyl (C=O) groups is 1. The number of hydrogen-bond acceptors (Lipinski definition) is 5. The van der Waals surface area contributed by atoms with Gasteiger partial charge in [0, 0.05) is 26.2 Å². The molecule has 0 saturated carbocycles. The molecule has 2 aliphatic rings. The van der Waals surface area contributed by atoms with Crippen molar-refractivity contribution in [3.05, 3.63) is 24.3 Å². The zero-order valence-electron chi connectivity index (χ0n) is 15.4. The van der Waals surface area contributed by atoms with E-state index in [-0.39, 0.29) is 18.1 Å². The zero-order valence-corrected chi connectivity index (χ0v) is 15.4. The highest BCUT2D eigenvalue weighted by molar-refractivity contribution is 5.79. The molecule has 1 aromatic carbocycles. The van der Waals surface area contributed by atoms with Crippen molar-refractivity contribution >= 4 is 5.91 Å². The number of rotatable bonds is 7. The first-order valence-corrected chi connectivity index (χ1v) is 8.90. The summed E-state index contributed by atoms with van der Waals surface area (Å²) in [6.07, 6.45) is 1.10. The highest BCUT2D eigenvalue weighted by atomic mass is 16.5. The lowest BCUT2D eigenvalue weighted by atomic mass is 9.84. The van der Waals surface area contributed by atoms with E-state index in [9.17, 15) is 4.79 Å². The molecule has 0 aliphatic carbocycles. The van der Waals surface area contributed by atoms with Gasteiger partial charge in [-0.05, 0) is 38.4 Å². The number of benzene rings is 1. The third-order valence-electron chi connectivity index (χ3n) is 5.31. The first-order chi connectivity index (χ1) is 12.1. The molecule has 25 heavy (non-hydrogen) atoms. The molecule has 0 radical (unpaired) electrons. The van der Waals surface area contributed by atoms with Crippen molar-refractivity contribution in [2.45, 2.75) is 18.9 Å². The molecule has 0 unspecified atom stereocenters. The topological polar surface area (TPSA) is 51.2 Å². The minimum absolute atomic E-state index is 0.0261. The minimum Gasteiger partial charge on any atom is -0.493 e. The zero-order chi connectivity index (χ0) is 17.9. The van der Waals surface area contributed by atoms with Gasteiger partial charge in [-0.2, -0.15) is 0 Å². The molecule has 2 fully saturated rings. The van der Waals surface area contributed by atoms with Gasteiger partial charge in [0.25, 0.3) is 5.91 Å². The van der Waals surface area contributed by atoms with Gasteiger partial charge < -0.3 is 19.1 Å². The maximum absolute atomic E-state index is 12.4. The summed E-state index contributed by atoms with van der Waals surface area (Å²) in [6, 6.07) is 7.38. The third-order valence-corrected chi connectivity index (χ3v) is 5.31. The maximum atomic E-state index is 12.4. The van der Waals surface area contributed by atoms with Crippen LogP contribution in [0.2, 0.25) is 0 Å². The summed E-state index contributed by atoms with van der Waals surface area (Å²) >= 11 is 0. The van der Waals surface area contributed by atoms with E-state index in [0.717, 1.165) is 39.3 Å². The van der Waals surface area contributed by atoms with Crippen LogP contribution < -0.4 is 9.47 Å². The van der Waals surface area contributed by atoms with E-state index in [1.807, 2.05) is 36.1 Å². The molecule has 2 heterocycles. The number of para-hydroxylation sites is 2. The average Bonchev–Trinajstić information content (AvgIpc) is 2.93. The Labute approximate surface area is 149 Å². The average molecular weight is 348 g/mol. The van der Waals surface area contributed by atoms with Crippen LogP contribution in [0.3, 0.4) is 0 Å². The molecule has 1 aromatic rings. The van der Waals surface area contributed by atoms with Crippen LogP contribution in [0.25, 0.3) is 0 Å². The molecule has 2 aliphatic heterocycles. The number of carbonyl (C=O) groups excluding carboxylic acids is 1. The van der Waals surface area contributed by atoms with Crippen LogP contribution >= 0.6 is 0 Å². The van der Waals surface area contributed by atoms with Crippen molar-refractivity contribution < 1.29 is 19.0 Å². The Morgan fingerprint density at radius 2 is 2.00 bits per heavy atom. The van der Waals surface area contributed by atoms with Crippen LogP contribution in [-0.2, 0) is 9.53 Å². The van der Waals surface area contributed by atoms with E-state index in [0.29, 0.717) is 17.4 Å². The predicted octanol–water partition coefficient (Wildman–Crippen LogP) is 1.64. The van der Waals surface area contributed by atoms with Gasteiger partial charge in [-0.25, -0.2) is 0 Å². The summed E-state index contributed by atoms with van der Waals surface area (Å²) in [5, 5.41) is 0. The smallest absolute Gasteiger partial charge is 0.260 e. The van der Waals surface area contributed by atoms with E-state index in [4.69, 9.17) is 14.2 Å². The van der Waals surface area contributed by atoms with Crippen LogP contribution in [0.4, 0.5) is 0 Å². The van der Waals surface area contributed by atoms with Gasteiger partial charge in [0.2, 0.25) is 0 Å². The molecule has 0 N–H and O–H groups in total. The summed E-state index contributed by atoms with van der Waals surface area (Å²) in [4.78, 5) is 16.7. The van der Waals surface area contributed by atoms with Crippen molar-refractivity contribution in [3.63, 3.8) is 0 Å². The quantitative estimate of drug-likeness (QED) is 0.750. The van der Waals surface area contributed by atoms with Gasteiger partial charge in [0.15, 0.2) is 18.1 Å². The molecular weight excluding hydrogens is 320 g/mol. The van der Waals surface area contributed by atoms with Gasteiger partial charge in [-0.15, -0.1) is 0 Å². The second-order valence-electron chi connectivity index (χ2n) is 7.02. The van der Waals surface area contributed by atoms with Crippen molar-refractivity contribution in [1.82, 2.24) is 9.80 Å². The summed E-state index contributed by atoms with van der Waals surface area (Å²) in [7, 11) is 3.75. The van der Waals surface area contributed by atoms with E-state index < -0.39 is 0 Å². The fourth-order valence-electron chi connectivity index (χ4n) is 3.91. The highest BCUT2D eigenvalue weighted by Gasteiger charge is 2.53. The van der Waals surface area contributed by atoms with E-state index in [1.165, 1.54) is 0 Å². The Kier molecular flexibility index (Phi) is 5.49. The van der Waals surface area contributed by atoms with Crippen LogP contribution in [0.1, 0.15) is 13.3 Å². The molecule has 1 amide bonds. The van der Waals surface area contributed by atoms with Crippen LogP contribution in [0.15, 0.2) is 24.3 Å². The molecule has 2 saturated heterocycles. The highest BCUT2D eigenvalue weighted by Crippen LogP contribution is 2.39. The standard InChI is InChI=1S/C19H28N2O4/c1-4-24-11-15-9-19(20(2)10-15)13-21(14-19)18(22)12-25-17-8-6-5-7-16(17)23-3/h5-8,15H,4,9-14H2,1-3H3/t15-/m0/s1. The third kappa shape index (κ3) is 3.75. The number of likely N-dealkylation sites (N-methyl/N-ethyl adjacent to an activating group) is 1. The van der Waals surface area contributed by atoms with Gasteiger partial charge >= 0.3 is 0 Å². The molecule has 6 nitrogen and oxygen atoms in total. The predicted molar refractivity (Wildman–Crippen MR) is 95.0 cm³/mol. The molecule has 6 heteroatoms. The Bertz CT molecular complexity index is 601. The molecule has 0 aromatic heterocycles. The Morgan fingerprint density at radius 1 is 1.28 bits per heavy atom. The number of hydrogen-bond donors (Lipinski definition) is 0. The normalized spacial score (nSPS) is 22.0. The molecule has 1 spiro atoms. The van der Waals surface area contributed by atoms with E-state index in [1.54, 1.807) is 7.11 Å². The summed E-state index contributed by atoms with van der Waals surface area (Å²) in [5.74, 6) is 1.83. The van der Waals surface area contributed by atoms with Gasteiger partial charge in [-0.3, -0.25) is 9.69 Å². The van der Waals surface area contributed by atoms with Crippen LogP contribution in [0.5, 0.6) is 11.5 Å². The lowest BCUT2D eigenvalue weighted by molar-refractivity contribution is -0.145. The number of nitrogens with zero attached hydrogens (tertiary/aromatic N) is 2. The van der Waals surface area contributed by atoms with Crippen molar-refractivity contribution in [3.8, 4) is 11.5 Å². The Balaban J connectivity index is 1.48. The van der Waals surface area contributed by atoms with Crippen molar-refractivity contribution in [1.29, 1.82) is 0 Å². The van der Waals surface area contributed by atoms with Crippen LogP contribution in [0, 0.1) is 5.92 Å². The summed E-state index contributed by atoms with van der Waals surface area (Å²) in [6.45, 7) is 6.24. The van der Waals surface area contributed by atoms with Crippen molar-refractivity contribution in [2.24, 2.45) is 5.92 Å². The van der Waals surface area contributed by atoms with Crippen molar-refractivity contribution in [2.75, 3.05) is 53.6 Å². The molecular formula is C19H28N2O4. The van der Waals surface area contributed by atoms with E-state index in [2.05, 4.69) is 11.9 Å². The molecule has 3 rings (SSSR count). The minimum atomic E-state index is 0.0261. The Morgan fingerprint density at radius 3 is 2.68 bits per heavy atom. The Hall–Kier alpha value is -1.79. The second-order valence-corrected chi connectivity index (χ2v) is 7.02. The van der Waals surface area contributed by atoms with Gasteiger partial charge in [-0.1, -0.05) is 12.1 Å². The van der Waals surface area contributed by atoms with Crippen LogP contribution in [-0.4, -0.2) is 74.9 Å². The first-order valence-electron chi connectivity index (χ1n) is 8.90. The summed E-state index contributed by atoms with van der Waals surface area (Å²) in [5.41, 5.74) is 0.127. The monoisotopic (exact) mass is 348 g/mol. The maximum Gasteiger partial charge on any atom is 0.260 e. The SMILES string of the molecule is CCOC[C@@H]1CN(C)C2(C1)CN(C(=O)COc1ccccc1OC)C2.